The van der Waals surface area contributed by atoms with Crippen molar-refractivity contribution < 1.29 is 14.3 Å². The van der Waals surface area contributed by atoms with E-state index in [-0.39, 0.29) is 0 Å². The summed E-state index contributed by atoms with van der Waals surface area (Å²) in [5, 5.41) is 0.520. The Bertz CT molecular complexity index is 331. The van der Waals surface area contributed by atoms with Gasteiger partial charge in [-0.2, -0.15) is 0 Å². The predicted octanol–water partition coefficient (Wildman–Crippen LogP) is 1.79. The highest BCUT2D eigenvalue weighted by molar-refractivity contribution is 6.32. The summed E-state index contributed by atoms with van der Waals surface area (Å²) in [7, 11) is 3.15. The molecule has 0 saturated carbocycles. The molecule has 0 unspecified atom stereocenters. The van der Waals surface area contributed by atoms with Crippen LogP contribution >= 0.6 is 11.6 Å². The third-order valence-electron chi connectivity index (χ3n) is 2.04. The molecule has 0 saturated heterocycles. The first-order valence-electron chi connectivity index (χ1n) is 4.45. The Hall–Kier alpha value is -0.970. The van der Waals surface area contributed by atoms with Gasteiger partial charge in [0.2, 0.25) is 0 Å². The van der Waals surface area contributed by atoms with Crippen LogP contribution < -0.4 is 15.4 Å². The molecule has 0 heterocycles. The average molecular weight is 232 g/mol. The van der Waals surface area contributed by atoms with E-state index in [2.05, 4.69) is 4.84 Å². The first-order chi connectivity index (χ1) is 7.22. The molecule has 84 valence electrons. The largest absolute Gasteiger partial charge is 0.496 e. The number of ether oxygens (including phenoxy) is 2. The zero-order valence-electron chi connectivity index (χ0n) is 8.75. The second kappa shape index (κ2) is 5.80. The van der Waals surface area contributed by atoms with Crippen LogP contribution in [0.2, 0.25) is 5.02 Å². The highest BCUT2D eigenvalue weighted by Gasteiger charge is 2.09. The lowest BCUT2D eigenvalue weighted by atomic mass is 10.1. The molecule has 2 N–H and O–H groups in total. The minimum Gasteiger partial charge on any atom is -0.496 e. The van der Waals surface area contributed by atoms with Gasteiger partial charge in [0.15, 0.2) is 0 Å². The van der Waals surface area contributed by atoms with Crippen LogP contribution in [0.3, 0.4) is 0 Å². The van der Waals surface area contributed by atoms with Crippen LogP contribution in [0.15, 0.2) is 12.1 Å². The van der Waals surface area contributed by atoms with Crippen LogP contribution in [0.4, 0.5) is 0 Å². The number of methoxy groups -OCH3 is 2. The Morgan fingerprint density at radius 1 is 1.20 bits per heavy atom. The number of hydrogen-bond donors (Lipinski definition) is 1. The van der Waals surface area contributed by atoms with Gasteiger partial charge >= 0.3 is 0 Å². The summed E-state index contributed by atoms with van der Waals surface area (Å²) < 4.78 is 10.3. The van der Waals surface area contributed by atoms with E-state index in [9.17, 15) is 0 Å². The highest BCUT2D eigenvalue weighted by Crippen LogP contribution is 2.32. The molecule has 0 aliphatic rings. The van der Waals surface area contributed by atoms with Crippen LogP contribution in [-0.4, -0.2) is 20.8 Å². The first-order valence-corrected chi connectivity index (χ1v) is 4.82. The van der Waals surface area contributed by atoms with Crippen LogP contribution in [0, 0.1) is 0 Å². The molecule has 15 heavy (non-hydrogen) atoms. The van der Waals surface area contributed by atoms with Crippen molar-refractivity contribution in [1.82, 2.24) is 0 Å². The molecule has 4 nitrogen and oxygen atoms in total. The van der Waals surface area contributed by atoms with Crippen molar-refractivity contribution in [3.63, 3.8) is 0 Å². The van der Waals surface area contributed by atoms with Crippen molar-refractivity contribution in [2.24, 2.45) is 5.90 Å². The molecule has 5 heteroatoms. The second-order valence-electron chi connectivity index (χ2n) is 2.92. The fraction of sp³-hybridized carbons (Fsp3) is 0.400. The standard InChI is InChI=1S/C10H14ClNO3/c1-13-9-6-8(11)10(14-2)5-7(9)3-4-15-12/h5-6H,3-4,12H2,1-2H3. The fourth-order valence-corrected chi connectivity index (χ4v) is 1.52. The number of rotatable bonds is 5. The van der Waals surface area contributed by atoms with Gasteiger partial charge in [-0.3, -0.25) is 0 Å². The topological polar surface area (TPSA) is 53.7 Å². The Morgan fingerprint density at radius 3 is 2.40 bits per heavy atom. The van der Waals surface area contributed by atoms with E-state index in [0.29, 0.717) is 29.5 Å². The monoisotopic (exact) mass is 231 g/mol. The van der Waals surface area contributed by atoms with Crippen LogP contribution in [0.1, 0.15) is 5.56 Å². The van der Waals surface area contributed by atoms with E-state index in [1.165, 1.54) is 0 Å². The maximum Gasteiger partial charge on any atom is 0.138 e. The quantitative estimate of drug-likeness (QED) is 0.785. The molecule has 0 aromatic heterocycles. The van der Waals surface area contributed by atoms with Crippen LogP contribution in [-0.2, 0) is 11.3 Å². The van der Waals surface area contributed by atoms with Crippen molar-refractivity contribution in [1.29, 1.82) is 0 Å². The summed E-state index contributed by atoms with van der Waals surface area (Å²) in [6.45, 7) is 0.418. The molecule has 0 spiro atoms. The summed E-state index contributed by atoms with van der Waals surface area (Å²) in [6.07, 6.45) is 0.646. The molecular formula is C10H14ClNO3. The smallest absolute Gasteiger partial charge is 0.138 e. The summed E-state index contributed by atoms with van der Waals surface area (Å²) >= 11 is 5.95. The number of hydrogen-bond acceptors (Lipinski definition) is 4. The lowest BCUT2D eigenvalue weighted by Gasteiger charge is -2.11. The summed E-state index contributed by atoms with van der Waals surface area (Å²) in [5.74, 6) is 6.29. The van der Waals surface area contributed by atoms with Crippen molar-refractivity contribution in [3.8, 4) is 11.5 Å². The fourth-order valence-electron chi connectivity index (χ4n) is 1.29. The van der Waals surface area contributed by atoms with Gasteiger partial charge in [0, 0.05) is 18.1 Å². The predicted molar refractivity (Wildman–Crippen MR) is 58.4 cm³/mol. The third kappa shape index (κ3) is 2.99. The van der Waals surface area contributed by atoms with Gasteiger partial charge in [0.25, 0.3) is 0 Å². The molecule has 0 amide bonds. The van der Waals surface area contributed by atoms with E-state index >= 15 is 0 Å². The molecule has 0 aliphatic carbocycles. The molecule has 1 rings (SSSR count). The maximum absolute atomic E-state index is 5.95. The van der Waals surface area contributed by atoms with Crippen molar-refractivity contribution in [2.45, 2.75) is 6.42 Å². The minimum absolute atomic E-state index is 0.418. The molecule has 0 bridgehead atoms. The van der Waals surface area contributed by atoms with Gasteiger partial charge in [-0.05, 0) is 6.07 Å². The molecule has 0 atom stereocenters. The Morgan fingerprint density at radius 2 is 1.87 bits per heavy atom. The van der Waals surface area contributed by atoms with E-state index in [1.54, 1.807) is 20.3 Å². The molecule has 0 fully saturated rings. The Balaban J connectivity index is 2.99. The normalized spacial score (nSPS) is 10.1. The maximum atomic E-state index is 5.95. The van der Waals surface area contributed by atoms with Crippen LogP contribution in [0.25, 0.3) is 0 Å². The van der Waals surface area contributed by atoms with E-state index in [0.717, 1.165) is 5.56 Å². The van der Waals surface area contributed by atoms with E-state index < -0.39 is 0 Å². The SMILES string of the molecule is COc1cc(CCON)c(OC)cc1Cl. The highest BCUT2D eigenvalue weighted by atomic mass is 35.5. The zero-order valence-corrected chi connectivity index (χ0v) is 9.50. The minimum atomic E-state index is 0.418. The van der Waals surface area contributed by atoms with Crippen molar-refractivity contribution in [3.05, 3.63) is 22.7 Å². The molecule has 0 aliphatic heterocycles. The lowest BCUT2D eigenvalue weighted by molar-refractivity contribution is 0.140. The number of benzene rings is 1. The Labute approximate surface area is 93.8 Å². The van der Waals surface area contributed by atoms with Gasteiger partial charge in [-0.1, -0.05) is 11.6 Å². The molecular weight excluding hydrogens is 218 g/mol. The second-order valence-corrected chi connectivity index (χ2v) is 3.33. The van der Waals surface area contributed by atoms with E-state index in [1.807, 2.05) is 6.07 Å². The first kappa shape index (κ1) is 12.1. The number of halogens is 1. The number of nitrogens with two attached hydrogens (primary N) is 1. The third-order valence-corrected chi connectivity index (χ3v) is 2.34. The van der Waals surface area contributed by atoms with Crippen molar-refractivity contribution >= 4 is 11.6 Å². The summed E-state index contributed by atoms with van der Waals surface area (Å²) in [4.78, 5) is 4.52. The van der Waals surface area contributed by atoms with Gasteiger partial charge in [0.05, 0.1) is 25.8 Å². The van der Waals surface area contributed by atoms with Crippen LogP contribution in [0.5, 0.6) is 11.5 Å². The van der Waals surface area contributed by atoms with Gasteiger partial charge in [-0.15, -0.1) is 0 Å². The average Bonchev–Trinajstić information content (AvgIpc) is 2.26. The lowest BCUT2D eigenvalue weighted by Crippen LogP contribution is -2.05. The molecule has 1 aromatic carbocycles. The van der Waals surface area contributed by atoms with Gasteiger partial charge < -0.3 is 14.3 Å². The van der Waals surface area contributed by atoms with Crippen molar-refractivity contribution in [2.75, 3.05) is 20.8 Å². The summed E-state index contributed by atoms with van der Waals surface area (Å²) in [5.41, 5.74) is 0.948. The van der Waals surface area contributed by atoms with Gasteiger partial charge in [-0.25, -0.2) is 5.90 Å². The Kier molecular flexibility index (Phi) is 4.68. The van der Waals surface area contributed by atoms with E-state index in [4.69, 9.17) is 27.0 Å². The van der Waals surface area contributed by atoms with Gasteiger partial charge in [0.1, 0.15) is 11.5 Å². The zero-order chi connectivity index (χ0) is 11.3. The summed E-state index contributed by atoms with van der Waals surface area (Å²) in [6, 6.07) is 3.53. The molecule has 0 radical (unpaired) electrons. The molecule has 1 aromatic rings.